The normalized spacial score (nSPS) is 14.6. The Balaban J connectivity index is 1.93. The maximum absolute atomic E-state index is 11.8. The summed E-state index contributed by atoms with van der Waals surface area (Å²) in [7, 11) is 3.27. The molecular formula is C16H23NO3. The van der Waals surface area contributed by atoms with Crippen molar-refractivity contribution in [3.05, 3.63) is 23.3 Å². The number of carbonyl (C=O) groups excluding carboxylic acids is 1. The molecule has 0 radical (unpaired) electrons. The van der Waals surface area contributed by atoms with Gasteiger partial charge in [0.25, 0.3) is 0 Å². The minimum Gasteiger partial charge on any atom is -0.493 e. The number of methoxy groups -OCH3 is 2. The molecule has 1 fully saturated rings. The van der Waals surface area contributed by atoms with Gasteiger partial charge >= 0.3 is 0 Å². The Labute approximate surface area is 120 Å². The molecular weight excluding hydrogens is 254 g/mol. The van der Waals surface area contributed by atoms with E-state index in [-0.39, 0.29) is 11.8 Å². The second kappa shape index (κ2) is 6.64. The first-order valence-electron chi connectivity index (χ1n) is 7.15. The molecule has 1 amide bonds. The van der Waals surface area contributed by atoms with Crippen LogP contribution < -0.4 is 14.8 Å². The van der Waals surface area contributed by atoms with Gasteiger partial charge in [0.15, 0.2) is 11.5 Å². The Morgan fingerprint density at radius 3 is 2.45 bits per heavy atom. The zero-order valence-electron chi connectivity index (χ0n) is 12.5. The Morgan fingerprint density at radius 2 is 1.90 bits per heavy atom. The molecule has 4 nitrogen and oxygen atoms in total. The molecule has 0 unspecified atom stereocenters. The lowest BCUT2D eigenvalue weighted by atomic mass is 9.85. The van der Waals surface area contributed by atoms with Gasteiger partial charge < -0.3 is 14.8 Å². The standard InChI is InChI=1S/C16H23NO3/c1-11-9-14(19-2)15(20-3)10-13(11)7-8-17-16(18)12-5-4-6-12/h9-10,12H,4-8H2,1-3H3,(H,17,18). The molecule has 0 aromatic heterocycles. The third-order valence-electron chi connectivity index (χ3n) is 4.01. The first-order chi connectivity index (χ1) is 9.65. The minimum atomic E-state index is 0.203. The number of benzene rings is 1. The SMILES string of the molecule is COc1cc(C)c(CCNC(=O)C2CCC2)cc1OC. The van der Waals surface area contributed by atoms with Crippen LogP contribution in [-0.4, -0.2) is 26.7 Å². The van der Waals surface area contributed by atoms with Crippen LogP contribution in [0, 0.1) is 12.8 Å². The molecule has 2 rings (SSSR count). The number of ether oxygens (including phenoxy) is 2. The molecule has 1 N–H and O–H groups in total. The third-order valence-corrected chi connectivity index (χ3v) is 4.01. The molecule has 1 aliphatic carbocycles. The van der Waals surface area contributed by atoms with E-state index in [2.05, 4.69) is 5.32 Å². The molecule has 1 aromatic rings. The van der Waals surface area contributed by atoms with Gasteiger partial charge in [-0.25, -0.2) is 0 Å². The summed E-state index contributed by atoms with van der Waals surface area (Å²) in [6.07, 6.45) is 4.08. The van der Waals surface area contributed by atoms with Crippen LogP contribution in [0.15, 0.2) is 12.1 Å². The number of rotatable bonds is 6. The summed E-state index contributed by atoms with van der Waals surface area (Å²) in [6, 6.07) is 3.96. The van der Waals surface area contributed by atoms with Crippen molar-refractivity contribution >= 4 is 5.91 Å². The molecule has 0 saturated heterocycles. The topological polar surface area (TPSA) is 47.6 Å². The van der Waals surface area contributed by atoms with Gasteiger partial charge in [-0.3, -0.25) is 4.79 Å². The minimum absolute atomic E-state index is 0.203. The highest BCUT2D eigenvalue weighted by atomic mass is 16.5. The van der Waals surface area contributed by atoms with E-state index in [4.69, 9.17) is 9.47 Å². The van der Waals surface area contributed by atoms with E-state index >= 15 is 0 Å². The zero-order valence-corrected chi connectivity index (χ0v) is 12.5. The Hall–Kier alpha value is -1.71. The summed E-state index contributed by atoms with van der Waals surface area (Å²) >= 11 is 0. The van der Waals surface area contributed by atoms with Crippen molar-refractivity contribution in [1.82, 2.24) is 5.32 Å². The fourth-order valence-corrected chi connectivity index (χ4v) is 2.43. The molecule has 1 aromatic carbocycles. The van der Waals surface area contributed by atoms with E-state index < -0.39 is 0 Å². The average molecular weight is 277 g/mol. The monoisotopic (exact) mass is 277 g/mol. The van der Waals surface area contributed by atoms with Crippen molar-refractivity contribution in [1.29, 1.82) is 0 Å². The second-order valence-corrected chi connectivity index (χ2v) is 5.30. The highest BCUT2D eigenvalue weighted by molar-refractivity contribution is 5.79. The van der Waals surface area contributed by atoms with Crippen molar-refractivity contribution in [2.45, 2.75) is 32.6 Å². The summed E-state index contributed by atoms with van der Waals surface area (Å²) in [5.41, 5.74) is 2.33. The maximum atomic E-state index is 11.8. The van der Waals surface area contributed by atoms with Gasteiger partial charge in [0.1, 0.15) is 0 Å². The van der Waals surface area contributed by atoms with Crippen molar-refractivity contribution in [3.8, 4) is 11.5 Å². The second-order valence-electron chi connectivity index (χ2n) is 5.30. The predicted octanol–water partition coefficient (Wildman–Crippen LogP) is 2.47. The fourth-order valence-electron chi connectivity index (χ4n) is 2.43. The summed E-state index contributed by atoms with van der Waals surface area (Å²) in [6.45, 7) is 2.72. The summed E-state index contributed by atoms with van der Waals surface area (Å²) in [4.78, 5) is 11.8. The molecule has 0 atom stereocenters. The van der Waals surface area contributed by atoms with Crippen molar-refractivity contribution in [3.63, 3.8) is 0 Å². The highest BCUT2D eigenvalue weighted by Crippen LogP contribution is 2.30. The van der Waals surface area contributed by atoms with Gasteiger partial charge in [-0.05, 0) is 49.4 Å². The van der Waals surface area contributed by atoms with Crippen molar-refractivity contribution < 1.29 is 14.3 Å². The van der Waals surface area contributed by atoms with E-state index in [1.54, 1.807) is 14.2 Å². The lowest BCUT2D eigenvalue weighted by Crippen LogP contribution is -2.35. The van der Waals surface area contributed by atoms with E-state index in [1.807, 2.05) is 19.1 Å². The van der Waals surface area contributed by atoms with E-state index in [9.17, 15) is 4.79 Å². The van der Waals surface area contributed by atoms with Crippen molar-refractivity contribution in [2.75, 3.05) is 20.8 Å². The summed E-state index contributed by atoms with van der Waals surface area (Å²) in [5.74, 6) is 1.93. The Morgan fingerprint density at radius 1 is 1.25 bits per heavy atom. The van der Waals surface area contributed by atoms with Gasteiger partial charge in [-0.1, -0.05) is 6.42 Å². The van der Waals surface area contributed by atoms with Crippen LogP contribution in [0.2, 0.25) is 0 Å². The third kappa shape index (κ3) is 3.24. The van der Waals surface area contributed by atoms with Gasteiger partial charge in [0.2, 0.25) is 5.91 Å². The number of hydrogen-bond donors (Lipinski definition) is 1. The van der Waals surface area contributed by atoms with Crippen LogP contribution in [0.5, 0.6) is 11.5 Å². The number of amides is 1. The van der Waals surface area contributed by atoms with E-state index in [0.717, 1.165) is 36.3 Å². The first kappa shape index (κ1) is 14.7. The van der Waals surface area contributed by atoms with E-state index in [1.165, 1.54) is 12.0 Å². The van der Waals surface area contributed by atoms with Gasteiger partial charge in [0.05, 0.1) is 14.2 Å². The summed E-state index contributed by atoms with van der Waals surface area (Å²) < 4.78 is 10.6. The molecule has 0 bridgehead atoms. The maximum Gasteiger partial charge on any atom is 0.223 e. The first-order valence-corrected chi connectivity index (χ1v) is 7.15. The highest BCUT2D eigenvalue weighted by Gasteiger charge is 2.24. The van der Waals surface area contributed by atoms with Gasteiger partial charge in [-0.2, -0.15) is 0 Å². The molecule has 0 aliphatic heterocycles. The lowest BCUT2D eigenvalue weighted by Gasteiger charge is -2.24. The largest absolute Gasteiger partial charge is 0.493 e. The number of aryl methyl sites for hydroxylation is 1. The molecule has 0 heterocycles. The fraction of sp³-hybridized carbons (Fsp3) is 0.562. The molecule has 4 heteroatoms. The summed E-state index contributed by atoms with van der Waals surface area (Å²) in [5, 5.41) is 3.02. The quantitative estimate of drug-likeness (QED) is 0.869. The molecule has 0 spiro atoms. The van der Waals surface area contributed by atoms with Crippen LogP contribution in [0.25, 0.3) is 0 Å². The average Bonchev–Trinajstić information content (AvgIpc) is 2.38. The van der Waals surface area contributed by atoms with Crippen LogP contribution >= 0.6 is 0 Å². The van der Waals surface area contributed by atoms with Gasteiger partial charge in [0, 0.05) is 12.5 Å². The molecule has 110 valence electrons. The Bertz CT molecular complexity index is 481. The van der Waals surface area contributed by atoms with Crippen LogP contribution in [0.3, 0.4) is 0 Å². The van der Waals surface area contributed by atoms with Crippen molar-refractivity contribution in [2.24, 2.45) is 5.92 Å². The van der Waals surface area contributed by atoms with E-state index in [0.29, 0.717) is 6.54 Å². The zero-order chi connectivity index (χ0) is 14.5. The van der Waals surface area contributed by atoms with Crippen LogP contribution in [0.1, 0.15) is 30.4 Å². The number of hydrogen-bond acceptors (Lipinski definition) is 3. The van der Waals surface area contributed by atoms with Gasteiger partial charge in [-0.15, -0.1) is 0 Å². The molecule has 1 aliphatic rings. The Kier molecular flexibility index (Phi) is 4.88. The smallest absolute Gasteiger partial charge is 0.223 e. The van der Waals surface area contributed by atoms with Crippen LogP contribution in [-0.2, 0) is 11.2 Å². The number of carbonyl (C=O) groups is 1. The lowest BCUT2D eigenvalue weighted by molar-refractivity contribution is -0.127. The predicted molar refractivity (Wildman–Crippen MR) is 78.3 cm³/mol. The molecule has 20 heavy (non-hydrogen) atoms. The number of nitrogens with one attached hydrogen (secondary N) is 1. The molecule has 1 saturated carbocycles. The van der Waals surface area contributed by atoms with Crippen LogP contribution in [0.4, 0.5) is 0 Å².